The fraction of sp³-hybridized carbons (Fsp3) is 0.417. The Morgan fingerprint density at radius 2 is 2.00 bits per heavy atom. The summed E-state index contributed by atoms with van der Waals surface area (Å²) in [6, 6.07) is 14.3. The summed E-state index contributed by atoms with van der Waals surface area (Å²) in [5.41, 5.74) is 5.97. The van der Waals surface area contributed by atoms with Crippen LogP contribution in [0.5, 0.6) is 5.75 Å². The van der Waals surface area contributed by atoms with E-state index in [0.717, 1.165) is 59.2 Å². The van der Waals surface area contributed by atoms with Gasteiger partial charge in [-0.25, -0.2) is 0 Å². The molecule has 6 nitrogen and oxygen atoms in total. The summed E-state index contributed by atoms with van der Waals surface area (Å²) in [7, 11) is 1.70. The van der Waals surface area contributed by atoms with E-state index < -0.39 is 6.23 Å². The lowest BCUT2D eigenvalue weighted by Gasteiger charge is -2.22. The van der Waals surface area contributed by atoms with Gasteiger partial charge in [0.15, 0.2) is 0 Å². The van der Waals surface area contributed by atoms with Crippen molar-refractivity contribution in [3.8, 4) is 16.9 Å². The molecule has 4 rings (SSSR count). The smallest absolute Gasteiger partial charge is 0.150 e. The number of hydrogen-bond donors (Lipinski definition) is 2. The number of pyridine rings is 1. The van der Waals surface area contributed by atoms with Crippen LogP contribution in [0.4, 0.5) is 0 Å². The van der Waals surface area contributed by atoms with E-state index in [2.05, 4.69) is 47.1 Å². The van der Waals surface area contributed by atoms with Gasteiger partial charge in [0.05, 0.1) is 18.5 Å². The molecule has 1 fully saturated rings. The number of hydrogen-bond acceptors (Lipinski definition) is 5. The highest BCUT2D eigenvalue weighted by Gasteiger charge is 2.31. The fourth-order valence-corrected chi connectivity index (χ4v) is 4.17. The van der Waals surface area contributed by atoms with Crippen molar-refractivity contribution in [3.05, 3.63) is 65.2 Å². The number of rotatable bonds is 6. The normalized spacial score (nSPS) is 18.1. The SMILES string of the molecule is COc1ccccc1-c1cc(C)nc(C2CCN(C(O)c3cc(C(C)C)n[nH]3)C2)c1. The number of aromatic nitrogens is 3. The largest absolute Gasteiger partial charge is 0.496 e. The monoisotopic (exact) mass is 406 g/mol. The van der Waals surface area contributed by atoms with Crippen LogP contribution in [0, 0.1) is 6.92 Å². The van der Waals surface area contributed by atoms with Gasteiger partial charge in [-0.1, -0.05) is 32.0 Å². The van der Waals surface area contributed by atoms with Gasteiger partial charge in [0.25, 0.3) is 0 Å². The van der Waals surface area contributed by atoms with E-state index in [1.165, 1.54) is 0 Å². The number of aliphatic hydroxyl groups excluding tert-OH is 1. The number of nitrogens with zero attached hydrogens (tertiary/aromatic N) is 3. The van der Waals surface area contributed by atoms with Crippen LogP contribution in [-0.4, -0.2) is 45.4 Å². The molecule has 1 aromatic carbocycles. The van der Waals surface area contributed by atoms with Crippen LogP contribution < -0.4 is 4.74 Å². The molecule has 2 atom stereocenters. The van der Waals surface area contributed by atoms with Crippen LogP contribution >= 0.6 is 0 Å². The van der Waals surface area contributed by atoms with Gasteiger partial charge >= 0.3 is 0 Å². The Labute approximate surface area is 177 Å². The molecule has 158 valence electrons. The second kappa shape index (κ2) is 8.58. The Morgan fingerprint density at radius 1 is 1.20 bits per heavy atom. The summed E-state index contributed by atoms with van der Waals surface area (Å²) in [4.78, 5) is 6.91. The number of para-hydroxylation sites is 1. The number of aliphatic hydroxyl groups is 1. The first-order valence-corrected chi connectivity index (χ1v) is 10.6. The molecule has 0 aliphatic carbocycles. The maximum atomic E-state index is 10.9. The van der Waals surface area contributed by atoms with Crippen molar-refractivity contribution in [2.24, 2.45) is 0 Å². The summed E-state index contributed by atoms with van der Waals surface area (Å²) in [6.45, 7) is 7.81. The van der Waals surface area contributed by atoms with E-state index >= 15 is 0 Å². The van der Waals surface area contributed by atoms with E-state index in [1.807, 2.05) is 31.2 Å². The van der Waals surface area contributed by atoms with Crippen molar-refractivity contribution in [3.63, 3.8) is 0 Å². The average Bonchev–Trinajstić information content (AvgIpc) is 3.43. The molecule has 6 heteroatoms. The lowest BCUT2D eigenvalue weighted by Crippen LogP contribution is -2.26. The van der Waals surface area contributed by atoms with Gasteiger partial charge in [-0.05, 0) is 49.1 Å². The lowest BCUT2D eigenvalue weighted by atomic mass is 9.98. The maximum Gasteiger partial charge on any atom is 0.150 e. The van der Waals surface area contributed by atoms with Crippen LogP contribution in [-0.2, 0) is 0 Å². The first-order chi connectivity index (χ1) is 14.5. The highest BCUT2D eigenvalue weighted by molar-refractivity contribution is 5.71. The zero-order chi connectivity index (χ0) is 21.3. The predicted octanol–water partition coefficient (Wildman–Crippen LogP) is 4.39. The third-order valence-corrected chi connectivity index (χ3v) is 5.86. The molecule has 0 radical (unpaired) electrons. The number of aryl methyl sites for hydroxylation is 1. The van der Waals surface area contributed by atoms with Crippen LogP contribution in [0.1, 0.15) is 61.1 Å². The van der Waals surface area contributed by atoms with E-state index in [0.29, 0.717) is 5.92 Å². The Balaban J connectivity index is 1.54. The molecule has 2 N–H and O–H groups in total. The van der Waals surface area contributed by atoms with Crippen molar-refractivity contribution in [1.29, 1.82) is 0 Å². The number of methoxy groups -OCH3 is 1. The number of nitrogens with one attached hydrogen (secondary N) is 1. The number of likely N-dealkylation sites (tertiary alicyclic amines) is 1. The molecule has 1 aliphatic heterocycles. The van der Waals surface area contributed by atoms with Crippen molar-refractivity contribution in [2.45, 2.75) is 45.3 Å². The number of H-pyrrole nitrogens is 1. The Hall–Kier alpha value is -2.70. The number of aromatic amines is 1. The van der Waals surface area contributed by atoms with Crippen molar-refractivity contribution < 1.29 is 9.84 Å². The van der Waals surface area contributed by atoms with E-state index in [4.69, 9.17) is 9.72 Å². The van der Waals surface area contributed by atoms with E-state index in [9.17, 15) is 5.11 Å². The van der Waals surface area contributed by atoms with Crippen molar-refractivity contribution in [2.75, 3.05) is 20.2 Å². The van der Waals surface area contributed by atoms with Crippen molar-refractivity contribution >= 4 is 0 Å². The Kier molecular flexibility index (Phi) is 5.88. The minimum absolute atomic E-state index is 0.278. The van der Waals surface area contributed by atoms with Gasteiger partial charge in [0, 0.05) is 36.0 Å². The summed E-state index contributed by atoms with van der Waals surface area (Å²) >= 11 is 0. The number of ether oxygens (including phenoxy) is 1. The quantitative estimate of drug-likeness (QED) is 0.635. The summed E-state index contributed by atoms with van der Waals surface area (Å²) in [6.07, 6.45) is 0.290. The molecule has 1 saturated heterocycles. The first-order valence-electron chi connectivity index (χ1n) is 10.6. The molecule has 2 aromatic heterocycles. The van der Waals surface area contributed by atoms with Crippen LogP contribution in [0.3, 0.4) is 0 Å². The van der Waals surface area contributed by atoms with Gasteiger partial charge < -0.3 is 9.84 Å². The van der Waals surface area contributed by atoms with Gasteiger partial charge in [0.2, 0.25) is 0 Å². The lowest BCUT2D eigenvalue weighted by molar-refractivity contribution is 0.0145. The summed E-state index contributed by atoms with van der Waals surface area (Å²) in [5.74, 6) is 1.47. The Morgan fingerprint density at radius 3 is 2.73 bits per heavy atom. The van der Waals surface area contributed by atoms with Gasteiger partial charge in [-0.15, -0.1) is 0 Å². The summed E-state index contributed by atoms with van der Waals surface area (Å²) in [5, 5.41) is 18.2. The molecule has 3 aromatic rings. The third kappa shape index (κ3) is 4.11. The number of benzene rings is 1. The molecule has 1 aliphatic rings. The van der Waals surface area contributed by atoms with Gasteiger partial charge in [-0.2, -0.15) is 5.10 Å². The van der Waals surface area contributed by atoms with Crippen LogP contribution in [0.25, 0.3) is 11.1 Å². The second-order valence-electron chi connectivity index (χ2n) is 8.38. The standard InChI is InChI=1S/C24H30N4O2/c1-15(2)20-13-22(27-26-20)24(29)28-10-9-17(14-28)21-12-18(11-16(3)25-21)19-7-5-6-8-23(19)30-4/h5-8,11-13,15,17,24,29H,9-10,14H2,1-4H3,(H,26,27). The van der Waals surface area contributed by atoms with E-state index in [1.54, 1.807) is 7.11 Å². The second-order valence-corrected chi connectivity index (χ2v) is 8.38. The molecule has 0 amide bonds. The van der Waals surface area contributed by atoms with Crippen LogP contribution in [0.15, 0.2) is 42.5 Å². The minimum Gasteiger partial charge on any atom is -0.496 e. The highest BCUT2D eigenvalue weighted by Crippen LogP contribution is 2.35. The molecule has 2 unspecified atom stereocenters. The van der Waals surface area contributed by atoms with Gasteiger partial charge in [0.1, 0.15) is 12.0 Å². The third-order valence-electron chi connectivity index (χ3n) is 5.86. The molecular formula is C24H30N4O2. The molecule has 0 saturated carbocycles. The summed E-state index contributed by atoms with van der Waals surface area (Å²) < 4.78 is 5.55. The average molecular weight is 407 g/mol. The topological polar surface area (TPSA) is 74.3 Å². The maximum absolute atomic E-state index is 10.9. The highest BCUT2D eigenvalue weighted by atomic mass is 16.5. The Bertz CT molecular complexity index is 1010. The first kappa shape index (κ1) is 20.6. The zero-order valence-electron chi connectivity index (χ0n) is 18.1. The molecule has 3 heterocycles. The van der Waals surface area contributed by atoms with Crippen molar-refractivity contribution in [1.82, 2.24) is 20.1 Å². The fourth-order valence-electron chi connectivity index (χ4n) is 4.17. The van der Waals surface area contributed by atoms with Gasteiger partial charge in [-0.3, -0.25) is 15.0 Å². The minimum atomic E-state index is -0.673. The molecule has 0 bridgehead atoms. The molecular weight excluding hydrogens is 376 g/mol. The molecule has 30 heavy (non-hydrogen) atoms. The van der Waals surface area contributed by atoms with Crippen LogP contribution in [0.2, 0.25) is 0 Å². The molecule has 0 spiro atoms. The zero-order valence-corrected chi connectivity index (χ0v) is 18.1. The predicted molar refractivity (Wildman–Crippen MR) is 118 cm³/mol. The van der Waals surface area contributed by atoms with E-state index in [-0.39, 0.29) is 5.92 Å².